The number of halogens is 1. The molecular formula is C18H15FN2O2. The zero-order valence-corrected chi connectivity index (χ0v) is 13.1. The highest BCUT2D eigenvalue weighted by molar-refractivity contribution is 6.06. The van der Waals surface area contributed by atoms with Crippen LogP contribution in [0.5, 0.6) is 5.88 Å². The molecule has 0 saturated carbocycles. The minimum absolute atomic E-state index is 0.0578. The van der Waals surface area contributed by atoms with Gasteiger partial charge in [-0.05, 0) is 43.7 Å². The van der Waals surface area contributed by atoms with E-state index in [2.05, 4.69) is 9.97 Å². The molecule has 0 radical (unpaired) electrons. The van der Waals surface area contributed by atoms with Gasteiger partial charge in [-0.25, -0.2) is 9.37 Å². The monoisotopic (exact) mass is 310 g/mol. The first kappa shape index (κ1) is 15.1. The summed E-state index contributed by atoms with van der Waals surface area (Å²) >= 11 is 0. The Balaban J connectivity index is 2.33. The molecule has 3 rings (SSSR count). The summed E-state index contributed by atoms with van der Waals surface area (Å²) in [6.45, 7) is 3.32. The number of ketones is 1. The minimum atomic E-state index is -0.316. The Morgan fingerprint density at radius 3 is 2.43 bits per heavy atom. The van der Waals surface area contributed by atoms with Crippen molar-refractivity contribution in [1.82, 2.24) is 9.97 Å². The standard InChI is InChI=1S/C18H15FN2O2/c1-10-8-14(11(2)22)16-9-15(12-4-6-13(19)7-5-12)18(23-3)21-17(16)20-10/h4-9H,1-3H3. The number of carbonyl (C=O) groups is 1. The molecule has 0 aliphatic rings. The summed E-state index contributed by atoms with van der Waals surface area (Å²) in [4.78, 5) is 20.7. The van der Waals surface area contributed by atoms with Crippen molar-refractivity contribution in [3.05, 3.63) is 53.5 Å². The quantitative estimate of drug-likeness (QED) is 0.687. The zero-order valence-electron chi connectivity index (χ0n) is 13.1. The van der Waals surface area contributed by atoms with E-state index in [1.807, 2.05) is 13.0 Å². The first-order chi connectivity index (χ1) is 11.0. The van der Waals surface area contributed by atoms with Crippen molar-refractivity contribution < 1.29 is 13.9 Å². The van der Waals surface area contributed by atoms with Crippen molar-refractivity contribution in [3.63, 3.8) is 0 Å². The van der Waals surface area contributed by atoms with Crippen LogP contribution in [0.3, 0.4) is 0 Å². The van der Waals surface area contributed by atoms with Gasteiger partial charge in [0.15, 0.2) is 11.4 Å². The number of pyridine rings is 2. The smallest absolute Gasteiger partial charge is 0.223 e. The average Bonchev–Trinajstić information content (AvgIpc) is 2.53. The van der Waals surface area contributed by atoms with Crippen molar-refractivity contribution in [1.29, 1.82) is 0 Å². The fraction of sp³-hybridized carbons (Fsp3) is 0.167. The summed E-state index contributed by atoms with van der Waals surface area (Å²) in [6, 6.07) is 9.60. The van der Waals surface area contributed by atoms with Crippen LogP contribution < -0.4 is 4.74 Å². The molecule has 0 unspecified atom stereocenters. The van der Waals surface area contributed by atoms with E-state index >= 15 is 0 Å². The maximum absolute atomic E-state index is 13.2. The molecule has 116 valence electrons. The molecule has 5 heteroatoms. The van der Waals surface area contributed by atoms with Crippen molar-refractivity contribution in [2.45, 2.75) is 13.8 Å². The van der Waals surface area contributed by atoms with Gasteiger partial charge in [0.2, 0.25) is 5.88 Å². The molecule has 0 N–H and O–H groups in total. The van der Waals surface area contributed by atoms with E-state index in [0.29, 0.717) is 33.7 Å². The Morgan fingerprint density at radius 1 is 1.13 bits per heavy atom. The molecule has 0 spiro atoms. The molecule has 3 aromatic rings. The summed E-state index contributed by atoms with van der Waals surface area (Å²) in [5.74, 6) is 0.0115. The van der Waals surface area contributed by atoms with Gasteiger partial charge in [-0.15, -0.1) is 0 Å². The lowest BCUT2D eigenvalue weighted by Gasteiger charge is -2.11. The van der Waals surface area contributed by atoms with Gasteiger partial charge in [0.05, 0.1) is 7.11 Å². The number of hydrogen-bond acceptors (Lipinski definition) is 4. The molecule has 0 amide bonds. The van der Waals surface area contributed by atoms with Crippen molar-refractivity contribution >= 4 is 16.8 Å². The molecule has 0 saturated heterocycles. The number of ether oxygens (including phenoxy) is 1. The van der Waals surface area contributed by atoms with Crippen LogP contribution in [0.15, 0.2) is 36.4 Å². The first-order valence-electron chi connectivity index (χ1n) is 7.13. The molecule has 0 bridgehead atoms. The Bertz CT molecular complexity index is 905. The Morgan fingerprint density at radius 2 is 1.83 bits per heavy atom. The van der Waals surface area contributed by atoms with E-state index in [4.69, 9.17) is 4.74 Å². The second-order valence-corrected chi connectivity index (χ2v) is 5.29. The molecule has 2 aromatic heterocycles. The highest BCUT2D eigenvalue weighted by atomic mass is 19.1. The summed E-state index contributed by atoms with van der Waals surface area (Å²) in [6.07, 6.45) is 0. The minimum Gasteiger partial charge on any atom is -0.480 e. The van der Waals surface area contributed by atoms with Gasteiger partial charge in [0.1, 0.15) is 5.82 Å². The summed E-state index contributed by atoms with van der Waals surface area (Å²) < 4.78 is 18.5. The molecular weight excluding hydrogens is 295 g/mol. The van der Waals surface area contributed by atoms with Crippen molar-refractivity contribution in [2.75, 3.05) is 7.11 Å². The predicted molar refractivity (Wildman–Crippen MR) is 86.2 cm³/mol. The Kier molecular flexibility index (Phi) is 3.78. The van der Waals surface area contributed by atoms with Crippen LogP contribution in [0.4, 0.5) is 4.39 Å². The molecule has 0 fully saturated rings. The predicted octanol–water partition coefficient (Wildman–Crippen LogP) is 3.96. The topological polar surface area (TPSA) is 52.1 Å². The van der Waals surface area contributed by atoms with Crippen molar-refractivity contribution in [3.8, 4) is 17.0 Å². The fourth-order valence-corrected chi connectivity index (χ4v) is 2.54. The molecule has 0 aliphatic heterocycles. The number of hydrogen-bond donors (Lipinski definition) is 0. The summed E-state index contributed by atoms with van der Waals surface area (Å²) in [7, 11) is 1.52. The second-order valence-electron chi connectivity index (χ2n) is 5.29. The van der Waals surface area contributed by atoms with Crippen LogP contribution in [0.25, 0.3) is 22.2 Å². The number of methoxy groups -OCH3 is 1. The Hall–Kier alpha value is -2.82. The molecule has 23 heavy (non-hydrogen) atoms. The number of Topliss-reactive ketones (excluding diaryl/α,β-unsaturated/α-hetero) is 1. The maximum Gasteiger partial charge on any atom is 0.223 e. The number of benzene rings is 1. The molecule has 0 atom stereocenters. The normalized spacial score (nSPS) is 10.8. The van der Waals surface area contributed by atoms with E-state index in [1.54, 1.807) is 18.2 Å². The summed E-state index contributed by atoms with van der Waals surface area (Å²) in [5, 5.41) is 0.656. The lowest BCUT2D eigenvalue weighted by molar-refractivity contribution is 0.101. The number of nitrogens with zero attached hydrogens (tertiary/aromatic N) is 2. The number of fused-ring (bicyclic) bond motifs is 1. The second kappa shape index (κ2) is 5.76. The van der Waals surface area contributed by atoms with Gasteiger partial charge in [-0.1, -0.05) is 12.1 Å². The largest absolute Gasteiger partial charge is 0.480 e. The maximum atomic E-state index is 13.2. The molecule has 4 nitrogen and oxygen atoms in total. The number of aryl methyl sites for hydroxylation is 1. The highest BCUT2D eigenvalue weighted by Gasteiger charge is 2.15. The average molecular weight is 310 g/mol. The third kappa shape index (κ3) is 2.77. The summed E-state index contributed by atoms with van der Waals surface area (Å²) in [5.41, 5.74) is 3.18. The number of aromatic nitrogens is 2. The molecule has 0 aliphatic carbocycles. The van der Waals surface area contributed by atoms with Gasteiger partial charge < -0.3 is 4.74 Å². The van der Waals surface area contributed by atoms with Crippen molar-refractivity contribution in [2.24, 2.45) is 0 Å². The lowest BCUT2D eigenvalue weighted by atomic mass is 10.0. The van der Waals surface area contributed by atoms with E-state index < -0.39 is 0 Å². The van der Waals surface area contributed by atoms with Gasteiger partial charge in [0, 0.05) is 22.2 Å². The van der Waals surface area contributed by atoms with Crippen LogP contribution in [-0.4, -0.2) is 22.9 Å². The zero-order chi connectivity index (χ0) is 16.6. The van der Waals surface area contributed by atoms with Gasteiger partial charge in [-0.2, -0.15) is 4.98 Å². The van der Waals surface area contributed by atoms with Crippen LogP contribution in [0, 0.1) is 12.7 Å². The van der Waals surface area contributed by atoms with E-state index in [-0.39, 0.29) is 11.6 Å². The van der Waals surface area contributed by atoms with Gasteiger partial charge >= 0.3 is 0 Å². The third-order valence-electron chi connectivity index (χ3n) is 3.62. The number of rotatable bonds is 3. The Labute approximate surface area is 133 Å². The van der Waals surface area contributed by atoms with Gasteiger partial charge in [0.25, 0.3) is 0 Å². The van der Waals surface area contributed by atoms with E-state index in [9.17, 15) is 9.18 Å². The van der Waals surface area contributed by atoms with Crippen LogP contribution in [-0.2, 0) is 0 Å². The highest BCUT2D eigenvalue weighted by Crippen LogP contribution is 2.32. The van der Waals surface area contributed by atoms with Crippen LogP contribution in [0.2, 0.25) is 0 Å². The fourth-order valence-electron chi connectivity index (χ4n) is 2.54. The third-order valence-corrected chi connectivity index (χ3v) is 3.62. The molecule has 2 heterocycles. The van der Waals surface area contributed by atoms with Crippen LogP contribution >= 0.6 is 0 Å². The number of carbonyl (C=O) groups excluding carboxylic acids is 1. The van der Waals surface area contributed by atoms with Gasteiger partial charge in [-0.3, -0.25) is 4.79 Å². The first-order valence-corrected chi connectivity index (χ1v) is 7.13. The molecule has 1 aromatic carbocycles. The van der Waals surface area contributed by atoms with E-state index in [1.165, 1.54) is 26.2 Å². The van der Waals surface area contributed by atoms with E-state index in [0.717, 1.165) is 5.56 Å². The SMILES string of the molecule is COc1nc2nc(C)cc(C(C)=O)c2cc1-c1ccc(F)cc1. The lowest BCUT2D eigenvalue weighted by Crippen LogP contribution is -2.01. The van der Waals surface area contributed by atoms with Crippen LogP contribution in [0.1, 0.15) is 23.0 Å².